The van der Waals surface area contributed by atoms with Crippen molar-refractivity contribution in [2.75, 3.05) is 6.61 Å². The molecule has 0 unspecified atom stereocenters. The van der Waals surface area contributed by atoms with Crippen LogP contribution in [0.5, 0.6) is 5.75 Å². The van der Waals surface area contributed by atoms with Gasteiger partial charge in [0.2, 0.25) is 5.75 Å². The summed E-state index contributed by atoms with van der Waals surface area (Å²) in [7, 11) is 0. The smallest absolute Gasteiger partial charge is 0.312 e. The van der Waals surface area contributed by atoms with E-state index in [1.54, 1.807) is 18.2 Å². The van der Waals surface area contributed by atoms with E-state index in [-0.39, 0.29) is 29.5 Å². The van der Waals surface area contributed by atoms with Crippen LogP contribution in [-0.4, -0.2) is 27.4 Å². The molecule has 32 heavy (non-hydrogen) atoms. The van der Waals surface area contributed by atoms with Crippen molar-refractivity contribution in [3.05, 3.63) is 83.8 Å². The number of hydrogen-bond acceptors (Lipinski definition) is 6. The van der Waals surface area contributed by atoms with Gasteiger partial charge in [-0.05, 0) is 30.7 Å². The van der Waals surface area contributed by atoms with E-state index in [9.17, 15) is 14.9 Å². The maximum atomic E-state index is 13.3. The Bertz CT molecular complexity index is 1290. The van der Waals surface area contributed by atoms with E-state index in [0.29, 0.717) is 26.8 Å². The number of nitro groups is 1. The summed E-state index contributed by atoms with van der Waals surface area (Å²) in [4.78, 5) is 28.9. The predicted octanol–water partition coefficient (Wildman–Crippen LogP) is 5.79. The van der Waals surface area contributed by atoms with Crippen molar-refractivity contribution in [2.45, 2.75) is 26.2 Å². The van der Waals surface area contributed by atoms with Crippen LogP contribution in [0.1, 0.15) is 37.6 Å². The molecule has 1 aromatic heterocycles. The SMILES string of the molecule is C=CCOc1c(C=Nn2c([C@@H](C)CC)nc3ccc(Br)cc3c2=O)cc(Br)cc1[N+](=O)[O-]. The molecule has 1 atom stereocenters. The quantitative estimate of drug-likeness (QED) is 0.149. The first-order chi connectivity index (χ1) is 15.3. The summed E-state index contributed by atoms with van der Waals surface area (Å²) in [5.41, 5.74) is 0.357. The molecule has 10 heteroatoms. The summed E-state index contributed by atoms with van der Waals surface area (Å²) in [6, 6.07) is 8.28. The van der Waals surface area contributed by atoms with Gasteiger partial charge in [-0.3, -0.25) is 14.9 Å². The Labute approximate surface area is 201 Å². The first-order valence-electron chi connectivity index (χ1n) is 9.75. The number of halogens is 2. The van der Waals surface area contributed by atoms with Crippen LogP contribution in [0, 0.1) is 10.1 Å². The van der Waals surface area contributed by atoms with E-state index in [0.717, 1.165) is 10.9 Å². The normalized spacial score (nSPS) is 12.2. The van der Waals surface area contributed by atoms with Crippen LogP contribution in [0.4, 0.5) is 5.69 Å². The van der Waals surface area contributed by atoms with E-state index in [1.165, 1.54) is 23.0 Å². The van der Waals surface area contributed by atoms with Crippen molar-refractivity contribution in [1.29, 1.82) is 0 Å². The third-order valence-electron chi connectivity index (χ3n) is 4.80. The largest absolute Gasteiger partial charge is 0.482 e. The molecule has 0 aliphatic rings. The van der Waals surface area contributed by atoms with Crippen molar-refractivity contribution in [3.63, 3.8) is 0 Å². The molecule has 3 rings (SSSR count). The molecular formula is C22H20Br2N4O4. The molecule has 0 aliphatic heterocycles. The number of nitrogens with zero attached hydrogens (tertiary/aromatic N) is 4. The average molecular weight is 564 g/mol. The molecule has 166 valence electrons. The van der Waals surface area contributed by atoms with E-state index in [1.807, 2.05) is 19.9 Å². The number of rotatable bonds is 8. The van der Waals surface area contributed by atoms with E-state index in [2.05, 4.69) is 48.5 Å². The van der Waals surface area contributed by atoms with Gasteiger partial charge in [-0.2, -0.15) is 9.78 Å². The average Bonchev–Trinajstić information content (AvgIpc) is 2.76. The molecule has 0 saturated heterocycles. The second-order valence-corrected chi connectivity index (χ2v) is 8.83. The van der Waals surface area contributed by atoms with Gasteiger partial charge in [0, 0.05) is 26.5 Å². The lowest BCUT2D eigenvalue weighted by molar-refractivity contribution is -0.385. The Hall–Kier alpha value is -2.85. The third kappa shape index (κ3) is 4.97. The van der Waals surface area contributed by atoms with E-state index < -0.39 is 4.92 Å². The van der Waals surface area contributed by atoms with Crippen LogP contribution >= 0.6 is 31.9 Å². The fraction of sp³-hybridized carbons (Fsp3) is 0.227. The van der Waals surface area contributed by atoms with Crippen LogP contribution in [0.3, 0.4) is 0 Å². The molecule has 0 fully saturated rings. The topological polar surface area (TPSA) is 99.6 Å². The van der Waals surface area contributed by atoms with Crippen LogP contribution in [0.25, 0.3) is 10.9 Å². The van der Waals surface area contributed by atoms with Gasteiger partial charge in [-0.25, -0.2) is 4.98 Å². The van der Waals surface area contributed by atoms with Crippen molar-refractivity contribution in [1.82, 2.24) is 9.66 Å². The first kappa shape index (κ1) is 23.8. The highest BCUT2D eigenvalue weighted by molar-refractivity contribution is 9.10. The van der Waals surface area contributed by atoms with Gasteiger partial charge in [-0.15, -0.1) is 0 Å². The molecular weight excluding hydrogens is 544 g/mol. The molecule has 8 nitrogen and oxygen atoms in total. The van der Waals surface area contributed by atoms with Crippen molar-refractivity contribution in [3.8, 4) is 5.75 Å². The predicted molar refractivity (Wildman–Crippen MR) is 132 cm³/mol. The number of fused-ring (bicyclic) bond motifs is 1. The first-order valence-corrected chi connectivity index (χ1v) is 11.3. The Morgan fingerprint density at radius 3 is 2.72 bits per heavy atom. The highest BCUT2D eigenvalue weighted by Crippen LogP contribution is 2.34. The number of hydrogen-bond donors (Lipinski definition) is 0. The summed E-state index contributed by atoms with van der Waals surface area (Å²) in [6.07, 6.45) is 3.61. The zero-order valence-electron chi connectivity index (χ0n) is 17.4. The number of benzene rings is 2. The maximum Gasteiger partial charge on any atom is 0.312 e. The van der Waals surface area contributed by atoms with Gasteiger partial charge in [0.1, 0.15) is 12.4 Å². The minimum Gasteiger partial charge on any atom is -0.482 e. The van der Waals surface area contributed by atoms with Gasteiger partial charge < -0.3 is 4.74 Å². The molecule has 0 saturated carbocycles. The molecule has 3 aromatic rings. The Kier molecular flexibility index (Phi) is 7.57. The molecule has 0 aliphatic carbocycles. The van der Waals surface area contributed by atoms with Gasteiger partial charge in [-0.1, -0.05) is 58.4 Å². The summed E-state index contributed by atoms with van der Waals surface area (Å²) in [5.74, 6) is 0.499. The Morgan fingerprint density at radius 1 is 1.31 bits per heavy atom. The van der Waals surface area contributed by atoms with Gasteiger partial charge in [0.25, 0.3) is 5.56 Å². The number of aromatic nitrogens is 2. The van der Waals surface area contributed by atoms with E-state index >= 15 is 0 Å². The lowest BCUT2D eigenvalue weighted by atomic mass is 10.1. The van der Waals surface area contributed by atoms with E-state index in [4.69, 9.17) is 4.74 Å². The van der Waals surface area contributed by atoms with Gasteiger partial charge >= 0.3 is 5.69 Å². The van der Waals surface area contributed by atoms with Crippen LogP contribution in [-0.2, 0) is 0 Å². The summed E-state index contributed by atoms with van der Waals surface area (Å²) < 4.78 is 8.03. The Morgan fingerprint density at radius 2 is 2.06 bits per heavy atom. The van der Waals surface area contributed by atoms with Crippen LogP contribution < -0.4 is 10.3 Å². The fourth-order valence-corrected chi connectivity index (χ4v) is 3.85. The molecule has 0 bridgehead atoms. The van der Waals surface area contributed by atoms with Gasteiger partial charge in [0.15, 0.2) is 0 Å². The van der Waals surface area contributed by atoms with Crippen molar-refractivity contribution < 1.29 is 9.66 Å². The zero-order chi connectivity index (χ0) is 23.4. The second kappa shape index (κ2) is 10.2. The van der Waals surface area contributed by atoms with Crippen LogP contribution in [0.2, 0.25) is 0 Å². The summed E-state index contributed by atoms with van der Waals surface area (Å²) in [5, 5.41) is 16.3. The maximum absolute atomic E-state index is 13.3. The monoisotopic (exact) mass is 562 g/mol. The van der Waals surface area contributed by atoms with Crippen LogP contribution in [0.15, 0.2) is 61.8 Å². The number of ether oxygens (including phenoxy) is 1. The highest BCUT2D eigenvalue weighted by atomic mass is 79.9. The zero-order valence-corrected chi connectivity index (χ0v) is 20.6. The lowest BCUT2D eigenvalue weighted by Crippen LogP contribution is -2.23. The molecule has 0 amide bonds. The summed E-state index contributed by atoms with van der Waals surface area (Å²) >= 11 is 6.67. The minimum absolute atomic E-state index is 0.0384. The standard InChI is InChI=1S/C22H20Br2N4O4/c1-4-8-32-20-14(9-16(24)11-19(20)28(30)31)12-25-27-21(13(3)5-2)26-18-7-6-15(23)10-17(18)22(27)29/h4,6-7,9-13H,1,5,8H2,2-3H3/t13-/m0/s1. The number of nitro benzene ring substituents is 1. The molecule has 1 heterocycles. The van der Waals surface area contributed by atoms with Gasteiger partial charge in [0.05, 0.1) is 22.0 Å². The molecule has 0 radical (unpaired) electrons. The fourth-order valence-electron chi connectivity index (χ4n) is 3.03. The molecule has 2 aromatic carbocycles. The minimum atomic E-state index is -0.535. The van der Waals surface area contributed by atoms with Crippen molar-refractivity contribution >= 4 is 54.7 Å². The highest BCUT2D eigenvalue weighted by Gasteiger charge is 2.21. The third-order valence-corrected chi connectivity index (χ3v) is 5.75. The lowest BCUT2D eigenvalue weighted by Gasteiger charge is -2.14. The molecule has 0 N–H and O–H groups in total. The summed E-state index contributed by atoms with van der Waals surface area (Å²) in [6.45, 7) is 7.62. The second-order valence-electron chi connectivity index (χ2n) is 7.00. The Balaban J connectivity index is 2.24. The van der Waals surface area contributed by atoms with Crippen molar-refractivity contribution in [2.24, 2.45) is 5.10 Å². The molecule has 0 spiro atoms.